The molecule has 1 aliphatic rings. The zero-order chi connectivity index (χ0) is 17.1. The fourth-order valence-corrected chi connectivity index (χ4v) is 3.13. The highest BCUT2D eigenvalue weighted by atomic mass is 16.2. The van der Waals surface area contributed by atoms with Crippen molar-refractivity contribution in [1.82, 2.24) is 29.9 Å². The van der Waals surface area contributed by atoms with E-state index in [0.29, 0.717) is 12.4 Å². The second-order valence-corrected chi connectivity index (χ2v) is 5.99. The molecule has 2 amide bonds. The highest BCUT2D eigenvalue weighted by Gasteiger charge is 2.30. The quantitative estimate of drug-likeness (QED) is 0.769. The minimum absolute atomic E-state index is 0.0764. The summed E-state index contributed by atoms with van der Waals surface area (Å²) in [6.45, 7) is 0.691. The molecule has 8 heteroatoms. The van der Waals surface area contributed by atoms with Crippen LogP contribution in [-0.2, 0) is 0 Å². The average molecular weight is 337 g/mol. The van der Waals surface area contributed by atoms with Crippen molar-refractivity contribution in [2.45, 2.75) is 25.3 Å². The number of rotatable bonds is 3. The number of hydrogen-bond acceptors (Lipinski definition) is 4. The first-order chi connectivity index (χ1) is 12.3. The molecule has 1 fully saturated rings. The zero-order valence-electron chi connectivity index (χ0n) is 13.7. The van der Waals surface area contributed by atoms with Gasteiger partial charge < -0.3 is 4.90 Å². The molecular weight excluding hydrogens is 318 g/mol. The fourth-order valence-electron chi connectivity index (χ4n) is 3.13. The lowest BCUT2D eigenvalue weighted by atomic mass is 10.0. The van der Waals surface area contributed by atoms with Gasteiger partial charge in [-0.3, -0.25) is 10.4 Å². The van der Waals surface area contributed by atoms with Crippen LogP contribution in [0.5, 0.6) is 0 Å². The molecule has 0 spiro atoms. The van der Waals surface area contributed by atoms with Gasteiger partial charge in [0.15, 0.2) is 5.82 Å². The highest BCUT2D eigenvalue weighted by Crippen LogP contribution is 2.29. The Kier molecular flexibility index (Phi) is 4.16. The number of piperidine rings is 1. The van der Waals surface area contributed by atoms with Gasteiger partial charge in [-0.05, 0) is 31.4 Å². The van der Waals surface area contributed by atoms with Gasteiger partial charge in [0, 0.05) is 18.8 Å². The van der Waals surface area contributed by atoms with Crippen LogP contribution >= 0.6 is 0 Å². The Labute approximate surface area is 144 Å². The van der Waals surface area contributed by atoms with E-state index in [1.165, 1.54) is 6.33 Å². The summed E-state index contributed by atoms with van der Waals surface area (Å²) in [7, 11) is 0. The minimum atomic E-state index is -0.167. The number of amides is 2. The summed E-state index contributed by atoms with van der Waals surface area (Å²) < 4.78 is 1.74. The average Bonchev–Trinajstić information content (AvgIpc) is 3.34. The molecule has 2 aromatic heterocycles. The lowest BCUT2D eigenvalue weighted by Crippen LogP contribution is -2.41. The van der Waals surface area contributed by atoms with Crippen LogP contribution in [0, 0.1) is 0 Å². The van der Waals surface area contributed by atoms with E-state index in [-0.39, 0.29) is 12.1 Å². The number of aromatic amines is 1. The number of anilines is 1. The summed E-state index contributed by atoms with van der Waals surface area (Å²) >= 11 is 0. The first kappa shape index (κ1) is 15.4. The summed E-state index contributed by atoms with van der Waals surface area (Å²) in [6, 6.07) is 11.3. The molecule has 1 aliphatic heterocycles. The van der Waals surface area contributed by atoms with E-state index in [0.717, 1.165) is 30.8 Å². The van der Waals surface area contributed by atoms with E-state index in [1.807, 2.05) is 36.5 Å². The van der Waals surface area contributed by atoms with Gasteiger partial charge >= 0.3 is 6.03 Å². The number of H-pyrrole nitrogens is 1. The molecule has 8 nitrogen and oxygen atoms in total. The Balaban J connectivity index is 1.48. The second-order valence-electron chi connectivity index (χ2n) is 5.99. The molecule has 3 heterocycles. The van der Waals surface area contributed by atoms with Crippen molar-refractivity contribution in [3.05, 3.63) is 54.7 Å². The van der Waals surface area contributed by atoms with Gasteiger partial charge in [0.25, 0.3) is 0 Å². The third-order valence-corrected chi connectivity index (χ3v) is 4.36. The first-order valence-corrected chi connectivity index (χ1v) is 8.35. The number of likely N-dealkylation sites (tertiary alicyclic amines) is 1. The zero-order valence-corrected chi connectivity index (χ0v) is 13.7. The van der Waals surface area contributed by atoms with Crippen molar-refractivity contribution in [3.63, 3.8) is 0 Å². The van der Waals surface area contributed by atoms with Gasteiger partial charge in [-0.25, -0.2) is 14.5 Å². The van der Waals surface area contributed by atoms with Gasteiger partial charge in [-0.2, -0.15) is 5.10 Å². The van der Waals surface area contributed by atoms with Crippen LogP contribution in [0.4, 0.5) is 10.6 Å². The van der Waals surface area contributed by atoms with Gasteiger partial charge in [0.1, 0.15) is 12.2 Å². The van der Waals surface area contributed by atoms with Gasteiger partial charge in [-0.1, -0.05) is 18.2 Å². The van der Waals surface area contributed by atoms with E-state index in [2.05, 4.69) is 25.6 Å². The molecular formula is C17H19N7O. The van der Waals surface area contributed by atoms with Crippen LogP contribution in [0.25, 0.3) is 5.69 Å². The number of para-hydroxylation sites is 1. The van der Waals surface area contributed by atoms with E-state index < -0.39 is 0 Å². The van der Waals surface area contributed by atoms with Gasteiger partial charge in [0.2, 0.25) is 0 Å². The Morgan fingerprint density at radius 3 is 2.88 bits per heavy atom. The summed E-state index contributed by atoms with van der Waals surface area (Å²) in [4.78, 5) is 18.7. The molecule has 2 N–H and O–H groups in total. The lowest BCUT2D eigenvalue weighted by Gasteiger charge is -2.33. The second kappa shape index (κ2) is 6.76. The Hall–Kier alpha value is -3.16. The monoisotopic (exact) mass is 337 g/mol. The number of urea groups is 1. The summed E-state index contributed by atoms with van der Waals surface area (Å²) in [5.41, 5.74) is 0.945. The Morgan fingerprint density at radius 2 is 2.08 bits per heavy atom. The first-order valence-electron chi connectivity index (χ1n) is 8.35. The lowest BCUT2D eigenvalue weighted by molar-refractivity contribution is 0.159. The number of carbonyl (C=O) groups excluding carboxylic acids is 1. The number of benzene rings is 1. The number of aromatic nitrogens is 5. The van der Waals surface area contributed by atoms with Crippen molar-refractivity contribution in [2.24, 2.45) is 0 Å². The summed E-state index contributed by atoms with van der Waals surface area (Å²) in [6.07, 6.45) is 6.23. The van der Waals surface area contributed by atoms with Crippen LogP contribution in [-0.4, -0.2) is 42.4 Å². The Morgan fingerprint density at radius 1 is 1.20 bits per heavy atom. The summed E-state index contributed by atoms with van der Waals surface area (Å²) in [5, 5.41) is 14.1. The molecule has 0 aliphatic carbocycles. The van der Waals surface area contributed by atoms with Gasteiger partial charge in [0.05, 0.1) is 11.7 Å². The van der Waals surface area contributed by atoms with Crippen LogP contribution in [0.1, 0.15) is 31.1 Å². The maximum Gasteiger partial charge on any atom is 0.323 e. The predicted molar refractivity (Wildman–Crippen MR) is 92.3 cm³/mol. The number of nitrogens with zero attached hydrogens (tertiary/aromatic N) is 5. The van der Waals surface area contributed by atoms with Crippen molar-refractivity contribution >= 4 is 11.8 Å². The molecule has 1 atom stereocenters. The standard InChI is InChI=1S/C17H19N7O/c25-17(23-10-5-4-8-14(23)16-18-12-19-21-16)20-15-9-11-24(22-15)13-6-2-1-3-7-13/h1-3,6-7,9,11-12,14H,4-5,8,10H2,(H,18,19,21)(H,20,22,25). The predicted octanol–water partition coefficient (Wildman–Crippen LogP) is 2.75. The molecule has 0 saturated carbocycles. The van der Waals surface area contributed by atoms with Crippen molar-refractivity contribution < 1.29 is 4.79 Å². The maximum absolute atomic E-state index is 12.7. The van der Waals surface area contributed by atoms with Crippen LogP contribution in [0.2, 0.25) is 0 Å². The molecule has 1 saturated heterocycles. The molecule has 1 unspecified atom stereocenters. The molecule has 1 aromatic carbocycles. The van der Waals surface area contributed by atoms with Crippen molar-refractivity contribution in [1.29, 1.82) is 0 Å². The van der Waals surface area contributed by atoms with Crippen LogP contribution in [0.15, 0.2) is 48.9 Å². The van der Waals surface area contributed by atoms with Gasteiger partial charge in [-0.15, -0.1) is 5.10 Å². The third-order valence-electron chi connectivity index (χ3n) is 4.36. The molecule has 128 valence electrons. The van der Waals surface area contributed by atoms with Crippen LogP contribution in [0.3, 0.4) is 0 Å². The molecule has 4 rings (SSSR count). The molecule has 25 heavy (non-hydrogen) atoms. The van der Waals surface area contributed by atoms with Crippen molar-refractivity contribution in [3.8, 4) is 5.69 Å². The third kappa shape index (κ3) is 3.23. The smallest absolute Gasteiger partial charge is 0.314 e. The largest absolute Gasteiger partial charge is 0.323 e. The molecule has 3 aromatic rings. The normalized spacial score (nSPS) is 17.4. The minimum Gasteiger partial charge on any atom is -0.314 e. The maximum atomic E-state index is 12.7. The highest BCUT2D eigenvalue weighted by molar-refractivity contribution is 5.88. The fraction of sp³-hybridized carbons (Fsp3) is 0.294. The van der Waals surface area contributed by atoms with E-state index in [9.17, 15) is 4.79 Å². The number of nitrogens with one attached hydrogen (secondary N) is 2. The van der Waals surface area contributed by atoms with Crippen LogP contribution < -0.4 is 5.32 Å². The van der Waals surface area contributed by atoms with Crippen molar-refractivity contribution in [2.75, 3.05) is 11.9 Å². The molecule has 0 bridgehead atoms. The molecule has 0 radical (unpaired) electrons. The topological polar surface area (TPSA) is 91.7 Å². The van der Waals surface area contributed by atoms with E-state index in [4.69, 9.17) is 0 Å². The van der Waals surface area contributed by atoms with E-state index in [1.54, 1.807) is 15.6 Å². The number of carbonyl (C=O) groups is 1. The summed E-state index contributed by atoms with van der Waals surface area (Å²) in [5.74, 6) is 1.25. The Bertz CT molecular complexity index is 828. The SMILES string of the molecule is O=C(Nc1ccn(-c2ccccc2)n1)N1CCCCC1c1ncn[nH]1. The number of hydrogen-bond donors (Lipinski definition) is 2. The van der Waals surface area contributed by atoms with E-state index >= 15 is 0 Å².